The van der Waals surface area contributed by atoms with E-state index in [2.05, 4.69) is 15.3 Å². The number of benzene rings is 1. The molecular formula is C15H18ClN3O. The maximum atomic E-state index is 5.98. The fraction of sp³-hybridized carbons (Fsp3) is 0.333. The molecule has 2 aromatic rings. The van der Waals surface area contributed by atoms with Crippen LogP contribution in [0.5, 0.6) is 0 Å². The van der Waals surface area contributed by atoms with Crippen LogP contribution in [0.3, 0.4) is 0 Å². The van der Waals surface area contributed by atoms with Crippen LogP contribution in [0.25, 0.3) is 11.3 Å². The fourth-order valence-corrected chi connectivity index (χ4v) is 1.98. The molecule has 1 aromatic carbocycles. The molecular weight excluding hydrogens is 274 g/mol. The van der Waals surface area contributed by atoms with E-state index in [-0.39, 0.29) is 5.28 Å². The fourth-order valence-electron chi connectivity index (χ4n) is 1.80. The van der Waals surface area contributed by atoms with Crippen molar-refractivity contribution < 1.29 is 4.74 Å². The monoisotopic (exact) mass is 291 g/mol. The Morgan fingerprint density at radius 3 is 2.75 bits per heavy atom. The molecule has 5 heteroatoms. The highest BCUT2D eigenvalue weighted by Gasteiger charge is 2.04. The summed E-state index contributed by atoms with van der Waals surface area (Å²) < 4.78 is 5.29. The molecule has 20 heavy (non-hydrogen) atoms. The molecule has 0 amide bonds. The van der Waals surface area contributed by atoms with Gasteiger partial charge in [0.25, 0.3) is 0 Å². The summed E-state index contributed by atoms with van der Waals surface area (Å²) in [5.74, 6) is 0.736. The van der Waals surface area contributed by atoms with E-state index in [9.17, 15) is 0 Å². The summed E-state index contributed by atoms with van der Waals surface area (Å²) in [6.07, 6.45) is 0.927. The van der Waals surface area contributed by atoms with E-state index in [0.717, 1.165) is 43.3 Å². The van der Waals surface area contributed by atoms with Gasteiger partial charge in [-0.2, -0.15) is 0 Å². The van der Waals surface area contributed by atoms with E-state index < -0.39 is 0 Å². The standard InChI is InChI=1S/C15H18ClN3O/c1-2-20-10-6-9-17-14-11-13(18-15(16)19-14)12-7-4-3-5-8-12/h3-5,7-8,11H,2,6,9-10H2,1H3,(H,17,18,19). The van der Waals surface area contributed by atoms with Crippen LogP contribution in [-0.4, -0.2) is 29.7 Å². The summed E-state index contributed by atoms with van der Waals surface area (Å²) in [5, 5.41) is 3.49. The lowest BCUT2D eigenvalue weighted by Gasteiger charge is -2.08. The van der Waals surface area contributed by atoms with Crippen molar-refractivity contribution in [1.82, 2.24) is 9.97 Å². The van der Waals surface area contributed by atoms with Crippen molar-refractivity contribution in [1.29, 1.82) is 0 Å². The van der Waals surface area contributed by atoms with E-state index >= 15 is 0 Å². The Labute approximate surface area is 124 Å². The summed E-state index contributed by atoms with van der Waals surface area (Å²) in [5.41, 5.74) is 1.84. The van der Waals surface area contributed by atoms with Crippen molar-refractivity contribution in [2.75, 3.05) is 25.1 Å². The summed E-state index contributed by atoms with van der Waals surface area (Å²) >= 11 is 5.98. The van der Waals surface area contributed by atoms with Gasteiger partial charge < -0.3 is 10.1 Å². The molecule has 0 saturated carbocycles. The van der Waals surface area contributed by atoms with Gasteiger partial charge in [-0.15, -0.1) is 0 Å². The maximum Gasteiger partial charge on any atom is 0.224 e. The second kappa shape index (κ2) is 7.82. The van der Waals surface area contributed by atoms with Crippen molar-refractivity contribution in [2.45, 2.75) is 13.3 Å². The van der Waals surface area contributed by atoms with Gasteiger partial charge in [0.1, 0.15) is 5.82 Å². The Morgan fingerprint density at radius 2 is 2.00 bits per heavy atom. The minimum Gasteiger partial charge on any atom is -0.382 e. The molecule has 0 radical (unpaired) electrons. The lowest BCUT2D eigenvalue weighted by atomic mass is 10.1. The number of anilines is 1. The van der Waals surface area contributed by atoms with Gasteiger partial charge in [0.2, 0.25) is 5.28 Å². The van der Waals surface area contributed by atoms with Crippen LogP contribution in [0.1, 0.15) is 13.3 Å². The van der Waals surface area contributed by atoms with E-state index in [1.54, 1.807) is 0 Å². The van der Waals surface area contributed by atoms with E-state index in [4.69, 9.17) is 16.3 Å². The Kier molecular flexibility index (Phi) is 5.77. The molecule has 0 aliphatic carbocycles. The SMILES string of the molecule is CCOCCCNc1cc(-c2ccccc2)nc(Cl)n1. The molecule has 0 saturated heterocycles. The minimum atomic E-state index is 0.249. The number of rotatable bonds is 7. The number of aromatic nitrogens is 2. The van der Waals surface area contributed by atoms with Crippen molar-refractivity contribution in [3.63, 3.8) is 0 Å². The third-order valence-electron chi connectivity index (χ3n) is 2.74. The summed E-state index contributed by atoms with van der Waals surface area (Å²) in [6, 6.07) is 11.8. The van der Waals surface area contributed by atoms with Gasteiger partial charge >= 0.3 is 0 Å². The normalized spacial score (nSPS) is 10.5. The van der Waals surface area contributed by atoms with Crippen LogP contribution in [0.2, 0.25) is 5.28 Å². The van der Waals surface area contributed by atoms with Gasteiger partial charge in [0.05, 0.1) is 5.69 Å². The third kappa shape index (κ3) is 4.47. The number of nitrogens with zero attached hydrogens (tertiary/aromatic N) is 2. The van der Waals surface area contributed by atoms with Gasteiger partial charge in [-0.1, -0.05) is 30.3 Å². The summed E-state index contributed by atoms with van der Waals surface area (Å²) in [4.78, 5) is 8.43. The van der Waals surface area contributed by atoms with Crippen LogP contribution in [0.15, 0.2) is 36.4 Å². The molecule has 1 heterocycles. The molecule has 2 rings (SSSR count). The number of halogens is 1. The van der Waals surface area contributed by atoms with Crippen LogP contribution in [0.4, 0.5) is 5.82 Å². The van der Waals surface area contributed by atoms with Crippen LogP contribution >= 0.6 is 11.6 Å². The highest BCUT2D eigenvalue weighted by atomic mass is 35.5. The Morgan fingerprint density at radius 1 is 1.20 bits per heavy atom. The quantitative estimate of drug-likeness (QED) is 0.625. The van der Waals surface area contributed by atoms with Gasteiger partial charge in [-0.25, -0.2) is 9.97 Å². The molecule has 0 atom stereocenters. The Balaban J connectivity index is 2.02. The molecule has 4 nitrogen and oxygen atoms in total. The maximum absolute atomic E-state index is 5.98. The lowest BCUT2D eigenvalue weighted by Crippen LogP contribution is -2.07. The zero-order valence-corrected chi connectivity index (χ0v) is 12.2. The largest absolute Gasteiger partial charge is 0.382 e. The van der Waals surface area contributed by atoms with E-state index in [1.807, 2.05) is 43.3 Å². The Bertz CT molecular complexity index is 534. The second-order valence-electron chi connectivity index (χ2n) is 4.25. The van der Waals surface area contributed by atoms with Crippen molar-refractivity contribution >= 4 is 17.4 Å². The molecule has 0 spiro atoms. The molecule has 0 bridgehead atoms. The minimum absolute atomic E-state index is 0.249. The van der Waals surface area contributed by atoms with Crippen LogP contribution in [-0.2, 0) is 4.74 Å². The first-order valence-corrected chi connectivity index (χ1v) is 7.09. The van der Waals surface area contributed by atoms with Gasteiger partial charge in [0, 0.05) is 31.4 Å². The third-order valence-corrected chi connectivity index (χ3v) is 2.91. The van der Waals surface area contributed by atoms with E-state index in [0.29, 0.717) is 0 Å². The average Bonchev–Trinajstić information content (AvgIpc) is 2.47. The number of hydrogen-bond donors (Lipinski definition) is 1. The Hall–Kier alpha value is -1.65. The predicted molar refractivity (Wildman–Crippen MR) is 82.1 cm³/mol. The molecule has 106 valence electrons. The van der Waals surface area contributed by atoms with Gasteiger partial charge in [0.15, 0.2) is 0 Å². The number of hydrogen-bond acceptors (Lipinski definition) is 4. The first-order valence-electron chi connectivity index (χ1n) is 6.71. The molecule has 1 N–H and O–H groups in total. The molecule has 1 aromatic heterocycles. The van der Waals surface area contributed by atoms with E-state index in [1.165, 1.54) is 0 Å². The number of nitrogens with one attached hydrogen (secondary N) is 1. The van der Waals surface area contributed by atoms with Crippen molar-refractivity contribution in [3.05, 3.63) is 41.7 Å². The summed E-state index contributed by atoms with van der Waals surface area (Å²) in [7, 11) is 0. The van der Waals surface area contributed by atoms with Gasteiger partial charge in [-0.3, -0.25) is 0 Å². The zero-order valence-electron chi connectivity index (χ0n) is 11.5. The van der Waals surface area contributed by atoms with Crippen molar-refractivity contribution in [2.24, 2.45) is 0 Å². The van der Waals surface area contributed by atoms with Crippen molar-refractivity contribution in [3.8, 4) is 11.3 Å². The van der Waals surface area contributed by atoms with Crippen LogP contribution in [0, 0.1) is 0 Å². The first-order chi connectivity index (χ1) is 9.79. The molecule has 0 fully saturated rings. The molecule has 0 aliphatic rings. The second-order valence-corrected chi connectivity index (χ2v) is 4.59. The van der Waals surface area contributed by atoms with Crippen LogP contribution < -0.4 is 5.32 Å². The predicted octanol–water partition coefficient (Wildman–Crippen LogP) is 3.64. The molecule has 0 unspecified atom stereocenters. The first kappa shape index (κ1) is 14.8. The smallest absolute Gasteiger partial charge is 0.224 e. The number of ether oxygens (including phenoxy) is 1. The zero-order chi connectivity index (χ0) is 14.2. The van der Waals surface area contributed by atoms with Gasteiger partial charge in [-0.05, 0) is 24.9 Å². The highest BCUT2D eigenvalue weighted by Crippen LogP contribution is 2.21. The lowest BCUT2D eigenvalue weighted by molar-refractivity contribution is 0.147. The molecule has 0 aliphatic heterocycles. The average molecular weight is 292 g/mol. The topological polar surface area (TPSA) is 47.0 Å². The highest BCUT2D eigenvalue weighted by molar-refractivity contribution is 6.28. The summed E-state index contributed by atoms with van der Waals surface area (Å²) in [6.45, 7) is 4.27.